The van der Waals surface area contributed by atoms with Gasteiger partial charge in [-0.2, -0.15) is 0 Å². The van der Waals surface area contributed by atoms with Gasteiger partial charge in [-0.25, -0.2) is 8.42 Å². The number of rotatable bonds is 4. The molecule has 1 heterocycles. The second kappa shape index (κ2) is 6.71. The highest BCUT2D eigenvalue weighted by Crippen LogP contribution is 2.35. The molecule has 1 atom stereocenters. The van der Waals surface area contributed by atoms with E-state index in [-0.39, 0.29) is 11.7 Å². The fourth-order valence-corrected chi connectivity index (χ4v) is 4.17. The Morgan fingerprint density at radius 1 is 1.05 bits per heavy atom. The van der Waals surface area contributed by atoms with Gasteiger partial charge in [-0.1, -0.05) is 56.5 Å². The van der Waals surface area contributed by atoms with Crippen LogP contribution in [0.2, 0.25) is 0 Å². The van der Waals surface area contributed by atoms with Gasteiger partial charge in [0.1, 0.15) is 0 Å². The van der Waals surface area contributed by atoms with Crippen LogP contribution in [0.5, 0.6) is 0 Å². The Balaban J connectivity index is 3.74. The second-order valence-electron chi connectivity index (χ2n) is 4.69. The van der Waals surface area contributed by atoms with Gasteiger partial charge in [0.05, 0.1) is 10.7 Å². The Kier molecular flexibility index (Phi) is 5.52. The van der Waals surface area contributed by atoms with E-state index in [1.165, 1.54) is 6.08 Å². The summed E-state index contributed by atoms with van der Waals surface area (Å²) in [5, 5.41) is 0. The van der Waals surface area contributed by atoms with Crippen LogP contribution < -0.4 is 0 Å². The molecule has 1 aliphatic heterocycles. The van der Waals surface area contributed by atoms with Crippen molar-refractivity contribution in [3.8, 4) is 0 Å². The van der Waals surface area contributed by atoms with Crippen LogP contribution in [0.1, 0.15) is 20.8 Å². The molecule has 108 valence electrons. The summed E-state index contributed by atoms with van der Waals surface area (Å²) in [4.78, 5) is 0.321. The molecule has 0 bridgehead atoms. The monoisotopic (exact) mass is 290 g/mol. The molecule has 0 N–H and O–H groups in total. The third kappa shape index (κ3) is 3.10. The van der Waals surface area contributed by atoms with E-state index in [0.29, 0.717) is 4.91 Å². The van der Waals surface area contributed by atoms with Gasteiger partial charge in [-0.3, -0.25) is 0 Å². The van der Waals surface area contributed by atoms with Crippen molar-refractivity contribution in [2.75, 3.05) is 5.75 Å². The molecular weight excluding hydrogens is 268 g/mol. The Labute approximate surface area is 122 Å². The number of sulfone groups is 1. The van der Waals surface area contributed by atoms with Gasteiger partial charge in [-0.15, -0.1) is 0 Å². The van der Waals surface area contributed by atoms with Crippen molar-refractivity contribution in [3.05, 3.63) is 71.2 Å². The van der Waals surface area contributed by atoms with Crippen LogP contribution in [0.3, 0.4) is 0 Å². The molecule has 0 radical (unpaired) electrons. The largest absolute Gasteiger partial charge is 0.223 e. The molecule has 0 aromatic rings. The van der Waals surface area contributed by atoms with Crippen molar-refractivity contribution < 1.29 is 8.42 Å². The fraction of sp³-hybridized carbons (Fsp3) is 0.294. The van der Waals surface area contributed by atoms with Gasteiger partial charge in [0, 0.05) is 5.92 Å². The Hall–Kier alpha value is -1.61. The van der Waals surface area contributed by atoms with Gasteiger partial charge in [0.25, 0.3) is 0 Å². The SMILES string of the molecule is C=CC1=C(/C=C\C)C(C)C(/C=C\C)=C(C=C)S(=O)(=O)C1. The minimum atomic E-state index is -3.38. The lowest BCUT2D eigenvalue weighted by Gasteiger charge is -2.16. The zero-order valence-corrected chi connectivity index (χ0v) is 13.2. The van der Waals surface area contributed by atoms with Crippen LogP contribution in [0.25, 0.3) is 0 Å². The van der Waals surface area contributed by atoms with Gasteiger partial charge in [0.2, 0.25) is 0 Å². The first kappa shape index (κ1) is 16.4. The summed E-state index contributed by atoms with van der Waals surface area (Å²) in [5.74, 6) is -0.0381. The topological polar surface area (TPSA) is 34.1 Å². The van der Waals surface area contributed by atoms with Gasteiger partial charge >= 0.3 is 0 Å². The maximum atomic E-state index is 12.5. The van der Waals surface area contributed by atoms with E-state index in [2.05, 4.69) is 13.2 Å². The Bertz CT molecular complexity index is 626. The summed E-state index contributed by atoms with van der Waals surface area (Å²) >= 11 is 0. The number of hydrogen-bond acceptors (Lipinski definition) is 2. The van der Waals surface area contributed by atoms with Crippen LogP contribution in [0.4, 0.5) is 0 Å². The predicted octanol–water partition coefficient (Wildman–Crippen LogP) is 4.13. The summed E-state index contributed by atoms with van der Waals surface area (Å²) in [7, 11) is -3.38. The van der Waals surface area contributed by atoms with E-state index in [1.807, 2.05) is 45.1 Å². The first-order valence-electron chi connectivity index (χ1n) is 6.63. The van der Waals surface area contributed by atoms with Crippen molar-refractivity contribution in [1.29, 1.82) is 0 Å². The zero-order valence-electron chi connectivity index (χ0n) is 12.4. The molecule has 2 nitrogen and oxygen atoms in total. The van der Waals surface area contributed by atoms with E-state index in [0.717, 1.165) is 16.7 Å². The predicted molar refractivity (Wildman–Crippen MR) is 87.0 cm³/mol. The molecule has 0 aromatic heterocycles. The average Bonchev–Trinajstić information content (AvgIpc) is 2.47. The first-order chi connectivity index (χ1) is 9.42. The molecular formula is C17H22O2S. The standard InChI is InChI=1S/C17H22O2S/c1-6-10-15-13(5)16(11-7-2)17(9-4)20(18,19)12-14(15)8-3/h6-11,13H,3-4,12H2,1-2,5H3/b10-6-,11-7-. The van der Waals surface area contributed by atoms with Crippen LogP contribution in [0, 0.1) is 5.92 Å². The van der Waals surface area contributed by atoms with Crippen molar-refractivity contribution in [1.82, 2.24) is 0 Å². The fourth-order valence-electron chi connectivity index (χ4n) is 2.46. The van der Waals surface area contributed by atoms with Gasteiger partial charge in [-0.05, 0) is 30.6 Å². The molecule has 0 spiro atoms. The first-order valence-corrected chi connectivity index (χ1v) is 8.28. The quantitative estimate of drug-likeness (QED) is 0.780. The zero-order chi connectivity index (χ0) is 15.3. The summed E-state index contributed by atoms with van der Waals surface area (Å²) in [5.41, 5.74) is 2.54. The molecule has 0 aliphatic carbocycles. The van der Waals surface area contributed by atoms with Crippen LogP contribution in [0.15, 0.2) is 71.2 Å². The van der Waals surface area contributed by atoms with Crippen molar-refractivity contribution in [2.45, 2.75) is 20.8 Å². The molecule has 20 heavy (non-hydrogen) atoms. The third-order valence-electron chi connectivity index (χ3n) is 3.39. The minimum Gasteiger partial charge on any atom is -0.223 e. The minimum absolute atomic E-state index is 0.0133. The van der Waals surface area contributed by atoms with Crippen molar-refractivity contribution >= 4 is 9.84 Å². The van der Waals surface area contributed by atoms with E-state index in [1.54, 1.807) is 6.08 Å². The molecule has 1 unspecified atom stereocenters. The van der Waals surface area contributed by atoms with Gasteiger partial charge < -0.3 is 0 Å². The lowest BCUT2D eigenvalue weighted by molar-refractivity contribution is 0.605. The Morgan fingerprint density at radius 3 is 2.05 bits per heavy atom. The highest BCUT2D eigenvalue weighted by atomic mass is 32.2. The highest BCUT2D eigenvalue weighted by molar-refractivity contribution is 7.95. The van der Waals surface area contributed by atoms with Crippen molar-refractivity contribution in [2.24, 2.45) is 5.92 Å². The molecule has 1 aliphatic rings. The van der Waals surface area contributed by atoms with Crippen LogP contribution in [-0.2, 0) is 9.84 Å². The molecule has 1 rings (SSSR count). The molecule has 0 saturated carbocycles. The lowest BCUT2D eigenvalue weighted by atomic mass is 9.88. The summed E-state index contributed by atoms with van der Waals surface area (Å²) in [6, 6.07) is 0. The summed E-state index contributed by atoms with van der Waals surface area (Å²) < 4.78 is 25.0. The maximum Gasteiger partial charge on any atom is 0.182 e. The maximum absolute atomic E-state index is 12.5. The third-order valence-corrected chi connectivity index (χ3v) is 5.16. The second-order valence-corrected chi connectivity index (χ2v) is 6.65. The molecule has 0 aromatic carbocycles. The summed E-state index contributed by atoms with van der Waals surface area (Å²) in [6.45, 7) is 13.3. The Morgan fingerprint density at radius 2 is 1.60 bits per heavy atom. The molecule has 0 saturated heterocycles. The molecule has 3 heteroatoms. The van der Waals surface area contributed by atoms with E-state index >= 15 is 0 Å². The van der Waals surface area contributed by atoms with Crippen LogP contribution in [-0.4, -0.2) is 14.2 Å². The van der Waals surface area contributed by atoms with E-state index in [4.69, 9.17) is 0 Å². The normalized spacial score (nSPS) is 23.4. The molecule has 0 amide bonds. The number of allylic oxidation sites excluding steroid dienone is 8. The average molecular weight is 290 g/mol. The smallest absolute Gasteiger partial charge is 0.182 e. The van der Waals surface area contributed by atoms with E-state index < -0.39 is 9.84 Å². The van der Waals surface area contributed by atoms with Crippen LogP contribution >= 0.6 is 0 Å². The number of hydrogen-bond donors (Lipinski definition) is 0. The molecule has 0 fully saturated rings. The van der Waals surface area contributed by atoms with E-state index in [9.17, 15) is 8.42 Å². The van der Waals surface area contributed by atoms with Crippen molar-refractivity contribution in [3.63, 3.8) is 0 Å². The highest BCUT2D eigenvalue weighted by Gasteiger charge is 2.29. The van der Waals surface area contributed by atoms with Gasteiger partial charge in [0.15, 0.2) is 9.84 Å². The summed E-state index contributed by atoms with van der Waals surface area (Å²) in [6.07, 6.45) is 10.7. The lowest BCUT2D eigenvalue weighted by Crippen LogP contribution is -2.09.